The minimum Gasteiger partial charge on any atom is -0.508 e. The molecule has 0 aliphatic rings. The Bertz CT molecular complexity index is 392. The molecule has 0 aliphatic heterocycles. The molecule has 1 aromatic rings. The molecule has 0 heterocycles. The number of benzene rings is 1. The van der Waals surface area contributed by atoms with E-state index in [-0.39, 0.29) is 24.0 Å². The van der Waals surface area contributed by atoms with Gasteiger partial charge in [0.05, 0.1) is 12.2 Å². The van der Waals surface area contributed by atoms with Crippen molar-refractivity contribution in [3.8, 4) is 5.75 Å². The maximum atomic E-state index is 11.4. The molecule has 0 saturated heterocycles. The Kier molecular flexibility index (Phi) is 5.35. The smallest absolute Gasteiger partial charge is 0.248 e. The Morgan fingerprint density at radius 1 is 1.18 bits per heavy atom. The number of hydrogen-bond acceptors (Lipinski definition) is 4. The minimum absolute atomic E-state index is 0.153. The van der Waals surface area contributed by atoms with Crippen LogP contribution in [0, 0.1) is 0 Å². The molecular formula is C11H14N2O3S. The van der Waals surface area contributed by atoms with Crippen molar-refractivity contribution in [2.45, 2.75) is 6.42 Å². The minimum atomic E-state index is -0.301. The van der Waals surface area contributed by atoms with Crippen LogP contribution < -0.4 is 10.9 Å². The fourth-order valence-corrected chi connectivity index (χ4v) is 1.48. The van der Waals surface area contributed by atoms with Gasteiger partial charge in [0.1, 0.15) is 5.75 Å². The lowest BCUT2D eigenvalue weighted by molar-refractivity contribution is -0.127. The Balaban J connectivity index is 2.34. The normalized spacial score (nSPS) is 9.71. The van der Waals surface area contributed by atoms with Crippen LogP contribution >= 0.6 is 11.8 Å². The number of thioether (sulfide) groups is 1. The number of rotatable bonds is 4. The Hall–Kier alpha value is -1.69. The molecule has 2 amide bonds. The molecule has 0 radical (unpaired) electrons. The maximum absolute atomic E-state index is 11.4. The van der Waals surface area contributed by atoms with Gasteiger partial charge in [-0.15, -0.1) is 0 Å². The van der Waals surface area contributed by atoms with Crippen LogP contribution in [-0.2, 0) is 16.0 Å². The van der Waals surface area contributed by atoms with Crippen LogP contribution in [-0.4, -0.2) is 28.9 Å². The van der Waals surface area contributed by atoms with Gasteiger partial charge in [0.15, 0.2) is 0 Å². The summed E-state index contributed by atoms with van der Waals surface area (Å²) in [5.74, 6) is -0.0800. The molecule has 92 valence electrons. The Morgan fingerprint density at radius 2 is 1.76 bits per heavy atom. The van der Waals surface area contributed by atoms with Crippen LogP contribution in [0.5, 0.6) is 5.75 Å². The summed E-state index contributed by atoms with van der Waals surface area (Å²) in [6.45, 7) is 0. The molecule has 0 aromatic heterocycles. The van der Waals surface area contributed by atoms with E-state index in [0.717, 1.165) is 5.56 Å². The van der Waals surface area contributed by atoms with Gasteiger partial charge in [-0.25, -0.2) is 0 Å². The third-order valence-electron chi connectivity index (χ3n) is 1.92. The average molecular weight is 254 g/mol. The number of nitrogens with one attached hydrogen (secondary N) is 2. The lowest BCUT2D eigenvalue weighted by Crippen LogP contribution is -2.43. The molecule has 0 unspecified atom stereocenters. The molecule has 1 aromatic carbocycles. The molecule has 0 aliphatic carbocycles. The standard InChI is InChI=1S/C11H14N2O3S/c1-17-7-11(16)13-12-10(15)6-8-2-4-9(14)5-3-8/h2-5,14H,6-7H2,1H3,(H,12,15)(H,13,16). The lowest BCUT2D eigenvalue weighted by Gasteiger charge is -2.06. The molecule has 0 saturated carbocycles. The third kappa shape index (κ3) is 5.26. The van der Waals surface area contributed by atoms with Crippen molar-refractivity contribution in [1.82, 2.24) is 10.9 Å². The predicted molar refractivity (Wildman–Crippen MR) is 66.5 cm³/mol. The number of phenols is 1. The van der Waals surface area contributed by atoms with Gasteiger partial charge in [-0.3, -0.25) is 20.4 Å². The molecular weight excluding hydrogens is 240 g/mol. The highest BCUT2D eigenvalue weighted by Gasteiger charge is 2.05. The van der Waals surface area contributed by atoms with Gasteiger partial charge in [-0.1, -0.05) is 12.1 Å². The number of aromatic hydroxyl groups is 1. The molecule has 0 spiro atoms. The van der Waals surface area contributed by atoms with E-state index in [1.54, 1.807) is 18.4 Å². The molecule has 1 rings (SSSR count). The summed E-state index contributed by atoms with van der Waals surface area (Å²) in [6, 6.07) is 6.32. The third-order valence-corrected chi connectivity index (χ3v) is 2.47. The topological polar surface area (TPSA) is 78.4 Å². The molecule has 3 N–H and O–H groups in total. The van der Waals surface area contributed by atoms with Crippen molar-refractivity contribution in [3.63, 3.8) is 0 Å². The molecule has 0 fully saturated rings. The molecule has 5 nitrogen and oxygen atoms in total. The molecule has 0 bridgehead atoms. The summed E-state index contributed by atoms with van der Waals surface area (Å²) in [4.78, 5) is 22.5. The summed E-state index contributed by atoms with van der Waals surface area (Å²) in [5, 5.41) is 9.07. The van der Waals surface area contributed by atoms with Crippen molar-refractivity contribution < 1.29 is 14.7 Å². The van der Waals surface area contributed by atoms with E-state index in [1.807, 2.05) is 0 Å². The second kappa shape index (κ2) is 6.80. The summed E-state index contributed by atoms with van der Waals surface area (Å²) in [6.07, 6.45) is 1.96. The highest BCUT2D eigenvalue weighted by molar-refractivity contribution is 7.99. The van der Waals surface area contributed by atoms with E-state index < -0.39 is 0 Å². The van der Waals surface area contributed by atoms with Crippen molar-refractivity contribution in [2.75, 3.05) is 12.0 Å². The number of carbonyl (C=O) groups is 2. The number of amides is 2. The first-order valence-corrected chi connectivity index (χ1v) is 6.35. The van der Waals surface area contributed by atoms with Crippen LogP contribution in [0.15, 0.2) is 24.3 Å². The molecule has 6 heteroatoms. The summed E-state index contributed by atoms with van der Waals surface area (Å²) in [7, 11) is 0. The number of hydrazine groups is 1. The second-order valence-corrected chi connectivity index (χ2v) is 4.24. The van der Waals surface area contributed by atoms with Gasteiger partial charge in [-0.05, 0) is 24.0 Å². The van der Waals surface area contributed by atoms with Crippen LogP contribution in [0.3, 0.4) is 0 Å². The van der Waals surface area contributed by atoms with E-state index in [4.69, 9.17) is 5.11 Å². The summed E-state index contributed by atoms with van der Waals surface area (Å²) < 4.78 is 0. The van der Waals surface area contributed by atoms with Crippen molar-refractivity contribution >= 4 is 23.6 Å². The van der Waals surface area contributed by atoms with Crippen molar-refractivity contribution in [3.05, 3.63) is 29.8 Å². The quantitative estimate of drug-likeness (QED) is 0.681. The first-order chi connectivity index (χ1) is 8.11. The molecule has 0 atom stereocenters. The van der Waals surface area contributed by atoms with Crippen LogP contribution in [0.25, 0.3) is 0 Å². The fourth-order valence-electron chi connectivity index (χ4n) is 1.15. The SMILES string of the molecule is CSCC(=O)NNC(=O)Cc1ccc(O)cc1. The van der Waals surface area contributed by atoms with Gasteiger partial charge in [-0.2, -0.15) is 11.8 Å². The van der Waals surface area contributed by atoms with Gasteiger partial charge in [0.25, 0.3) is 0 Å². The summed E-state index contributed by atoms with van der Waals surface area (Å²) >= 11 is 1.38. The van der Waals surface area contributed by atoms with E-state index in [0.29, 0.717) is 5.75 Å². The first-order valence-electron chi connectivity index (χ1n) is 4.96. The van der Waals surface area contributed by atoms with Crippen molar-refractivity contribution in [1.29, 1.82) is 0 Å². The van der Waals surface area contributed by atoms with Gasteiger partial charge >= 0.3 is 0 Å². The van der Waals surface area contributed by atoms with Crippen LogP contribution in [0.4, 0.5) is 0 Å². The zero-order valence-corrected chi connectivity index (χ0v) is 10.2. The van der Waals surface area contributed by atoms with Crippen LogP contribution in [0.1, 0.15) is 5.56 Å². The predicted octanol–water partition coefficient (Wildman–Crippen LogP) is 0.445. The average Bonchev–Trinajstić information content (AvgIpc) is 2.30. The number of carbonyl (C=O) groups excluding carboxylic acids is 2. The van der Waals surface area contributed by atoms with Gasteiger partial charge < -0.3 is 5.11 Å². The van der Waals surface area contributed by atoms with E-state index in [2.05, 4.69) is 10.9 Å². The van der Waals surface area contributed by atoms with E-state index in [1.165, 1.54) is 23.9 Å². The Labute approximate surface area is 104 Å². The van der Waals surface area contributed by atoms with E-state index in [9.17, 15) is 9.59 Å². The first kappa shape index (κ1) is 13.4. The highest BCUT2D eigenvalue weighted by atomic mass is 32.2. The maximum Gasteiger partial charge on any atom is 0.248 e. The zero-order chi connectivity index (χ0) is 12.7. The van der Waals surface area contributed by atoms with E-state index >= 15 is 0 Å². The monoisotopic (exact) mass is 254 g/mol. The highest BCUT2D eigenvalue weighted by Crippen LogP contribution is 2.09. The fraction of sp³-hybridized carbons (Fsp3) is 0.273. The Morgan fingerprint density at radius 3 is 2.35 bits per heavy atom. The number of hydrogen-bond donors (Lipinski definition) is 3. The molecule has 17 heavy (non-hydrogen) atoms. The number of phenolic OH excluding ortho intramolecular Hbond substituents is 1. The summed E-state index contributed by atoms with van der Waals surface area (Å²) in [5.41, 5.74) is 5.39. The second-order valence-electron chi connectivity index (χ2n) is 3.37. The zero-order valence-electron chi connectivity index (χ0n) is 9.40. The van der Waals surface area contributed by atoms with Crippen molar-refractivity contribution in [2.24, 2.45) is 0 Å². The van der Waals surface area contributed by atoms with Gasteiger partial charge in [0.2, 0.25) is 11.8 Å². The largest absolute Gasteiger partial charge is 0.508 e. The van der Waals surface area contributed by atoms with Crippen LogP contribution in [0.2, 0.25) is 0 Å². The lowest BCUT2D eigenvalue weighted by atomic mass is 10.1. The van der Waals surface area contributed by atoms with Gasteiger partial charge in [0, 0.05) is 0 Å².